The van der Waals surface area contributed by atoms with Crippen molar-refractivity contribution in [2.75, 3.05) is 26.8 Å². The van der Waals surface area contributed by atoms with Crippen molar-refractivity contribution in [3.05, 3.63) is 53.7 Å². The summed E-state index contributed by atoms with van der Waals surface area (Å²) >= 11 is 0. The van der Waals surface area contributed by atoms with Crippen LogP contribution in [-0.4, -0.2) is 63.3 Å². The smallest absolute Gasteiger partial charge is 0.309 e. The monoisotopic (exact) mass is 493 g/mol. The molecule has 3 aromatic rings. The largest absolute Gasteiger partial charge is 0.494 e. The predicted octanol–water partition coefficient (Wildman–Crippen LogP) is 3.77. The molecular formula is C26H28FN5O4. The molecule has 0 N–H and O–H groups in total. The van der Waals surface area contributed by atoms with E-state index >= 15 is 0 Å². The quantitative estimate of drug-likeness (QED) is 0.462. The molecule has 1 saturated carbocycles. The van der Waals surface area contributed by atoms with Crippen molar-refractivity contribution in [3.63, 3.8) is 0 Å². The Kier molecular flexibility index (Phi) is 6.67. The number of halogens is 1. The van der Waals surface area contributed by atoms with Crippen molar-refractivity contribution in [1.82, 2.24) is 24.6 Å². The Balaban J connectivity index is 1.40. The molecule has 2 aliphatic rings. The van der Waals surface area contributed by atoms with Crippen LogP contribution in [0.2, 0.25) is 0 Å². The molecule has 0 unspecified atom stereocenters. The molecule has 1 aliphatic carbocycles. The van der Waals surface area contributed by atoms with Crippen LogP contribution in [0.3, 0.4) is 0 Å². The first-order chi connectivity index (χ1) is 17.5. The Hall–Kier alpha value is -3.82. The van der Waals surface area contributed by atoms with E-state index in [0.29, 0.717) is 55.3 Å². The predicted molar refractivity (Wildman–Crippen MR) is 128 cm³/mol. The zero-order chi connectivity index (χ0) is 25.2. The number of hydrogen-bond acceptors (Lipinski definition) is 7. The number of carbonyl (C=O) groups is 2. The fraction of sp³-hybridized carbons (Fsp3) is 0.423. The maximum absolute atomic E-state index is 14.3. The molecule has 5 rings (SSSR count). The summed E-state index contributed by atoms with van der Waals surface area (Å²) in [5.41, 5.74) is 2.45. The van der Waals surface area contributed by atoms with Gasteiger partial charge in [-0.25, -0.2) is 19.0 Å². The highest BCUT2D eigenvalue weighted by Crippen LogP contribution is 2.42. The van der Waals surface area contributed by atoms with Gasteiger partial charge in [-0.05, 0) is 56.9 Å². The molecule has 0 bridgehead atoms. The Labute approximate surface area is 208 Å². The molecule has 0 atom stereocenters. The summed E-state index contributed by atoms with van der Waals surface area (Å²) in [6.45, 7) is 3.14. The number of carbonyl (C=O) groups excluding carboxylic acids is 2. The van der Waals surface area contributed by atoms with Gasteiger partial charge in [-0.15, -0.1) is 0 Å². The molecule has 1 saturated heterocycles. The second kappa shape index (κ2) is 10.0. The maximum atomic E-state index is 14.3. The SMILES string of the molecule is CCOC(=O)C1CCN(C(=O)c2cnn(-c3nccc(-c4ccc(OC)c(F)c4)n3)c2C2CC2)CC1. The minimum Gasteiger partial charge on any atom is -0.494 e. The van der Waals surface area contributed by atoms with Gasteiger partial charge < -0.3 is 14.4 Å². The fourth-order valence-electron chi connectivity index (χ4n) is 4.62. The first kappa shape index (κ1) is 23.9. The zero-order valence-electron chi connectivity index (χ0n) is 20.3. The van der Waals surface area contributed by atoms with Crippen LogP contribution in [0.5, 0.6) is 5.75 Å². The van der Waals surface area contributed by atoms with Gasteiger partial charge in [0, 0.05) is 30.8 Å². The van der Waals surface area contributed by atoms with Crippen molar-refractivity contribution in [2.24, 2.45) is 5.92 Å². The van der Waals surface area contributed by atoms with Gasteiger partial charge in [0.1, 0.15) is 0 Å². The lowest BCUT2D eigenvalue weighted by molar-refractivity contribution is -0.149. The van der Waals surface area contributed by atoms with Crippen LogP contribution in [0.1, 0.15) is 54.6 Å². The van der Waals surface area contributed by atoms with E-state index in [2.05, 4.69) is 15.1 Å². The number of amides is 1. The van der Waals surface area contributed by atoms with E-state index in [1.54, 1.807) is 47.1 Å². The molecule has 9 nitrogen and oxygen atoms in total. The summed E-state index contributed by atoms with van der Waals surface area (Å²) in [5, 5.41) is 4.49. The highest BCUT2D eigenvalue weighted by Gasteiger charge is 2.36. The van der Waals surface area contributed by atoms with E-state index in [4.69, 9.17) is 9.47 Å². The average molecular weight is 494 g/mol. The van der Waals surface area contributed by atoms with Crippen LogP contribution in [0, 0.1) is 11.7 Å². The summed E-state index contributed by atoms with van der Waals surface area (Å²) in [4.78, 5) is 36.3. The number of hydrogen-bond donors (Lipinski definition) is 0. The normalized spacial score (nSPS) is 16.1. The highest BCUT2D eigenvalue weighted by atomic mass is 19.1. The summed E-state index contributed by atoms with van der Waals surface area (Å²) in [5.74, 6) is -0.250. The van der Waals surface area contributed by atoms with E-state index in [1.165, 1.54) is 13.2 Å². The molecule has 2 aromatic heterocycles. The summed E-state index contributed by atoms with van der Waals surface area (Å²) in [6, 6.07) is 6.35. The second-order valence-corrected chi connectivity index (χ2v) is 9.04. The number of aromatic nitrogens is 4. The zero-order valence-corrected chi connectivity index (χ0v) is 20.3. The second-order valence-electron chi connectivity index (χ2n) is 9.04. The van der Waals surface area contributed by atoms with E-state index in [1.807, 2.05) is 0 Å². The highest BCUT2D eigenvalue weighted by molar-refractivity contribution is 5.95. The number of likely N-dealkylation sites (tertiary alicyclic amines) is 1. The molecule has 10 heteroatoms. The summed E-state index contributed by atoms with van der Waals surface area (Å²) < 4.78 is 26.0. The molecule has 1 aliphatic heterocycles. The van der Waals surface area contributed by atoms with Crippen LogP contribution in [0.4, 0.5) is 4.39 Å². The molecule has 1 amide bonds. The van der Waals surface area contributed by atoms with Gasteiger partial charge in [-0.1, -0.05) is 0 Å². The van der Waals surface area contributed by atoms with Crippen molar-refractivity contribution in [2.45, 2.75) is 38.5 Å². The minimum absolute atomic E-state index is 0.0983. The van der Waals surface area contributed by atoms with Crippen LogP contribution in [-0.2, 0) is 9.53 Å². The molecule has 3 heterocycles. The molecule has 0 spiro atoms. The lowest BCUT2D eigenvalue weighted by Crippen LogP contribution is -2.40. The van der Waals surface area contributed by atoms with Gasteiger partial charge in [-0.2, -0.15) is 5.10 Å². The fourth-order valence-corrected chi connectivity index (χ4v) is 4.62. The van der Waals surface area contributed by atoms with Crippen molar-refractivity contribution >= 4 is 11.9 Å². The van der Waals surface area contributed by atoms with Crippen LogP contribution >= 0.6 is 0 Å². The summed E-state index contributed by atoms with van der Waals surface area (Å²) in [7, 11) is 1.42. The molecule has 0 radical (unpaired) electrons. The van der Waals surface area contributed by atoms with Gasteiger partial charge in [0.2, 0.25) is 0 Å². The number of nitrogens with zero attached hydrogens (tertiary/aromatic N) is 5. The van der Waals surface area contributed by atoms with Crippen molar-refractivity contribution < 1.29 is 23.5 Å². The lowest BCUT2D eigenvalue weighted by Gasteiger charge is -2.30. The first-order valence-corrected chi connectivity index (χ1v) is 12.2. The Morgan fingerprint density at radius 3 is 2.58 bits per heavy atom. The molecule has 2 fully saturated rings. The minimum atomic E-state index is -0.479. The number of piperidine rings is 1. The third-order valence-electron chi connectivity index (χ3n) is 6.68. The standard InChI is InChI=1S/C26H28FN5O4/c1-3-36-25(34)17-9-12-31(13-10-17)24(33)19-15-29-32(23(19)16-4-5-16)26-28-11-8-21(30-26)18-6-7-22(35-2)20(27)14-18/h6-8,11,14-17H,3-5,9-10,12-13H2,1-2H3. The van der Waals surface area contributed by atoms with Crippen LogP contribution < -0.4 is 4.74 Å². The molecule has 1 aromatic carbocycles. The van der Waals surface area contributed by atoms with Crippen molar-refractivity contribution in [3.8, 4) is 23.0 Å². The van der Waals surface area contributed by atoms with E-state index in [0.717, 1.165) is 18.5 Å². The Bertz CT molecular complexity index is 1280. The number of ether oxygens (including phenoxy) is 2. The third-order valence-corrected chi connectivity index (χ3v) is 6.68. The number of rotatable bonds is 7. The topological polar surface area (TPSA) is 99.4 Å². The summed E-state index contributed by atoms with van der Waals surface area (Å²) in [6.07, 6.45) is 6.26. The van der Waals surface area contributed by atoms with Gasteiger partial charge >= 0.3 is 5.97 Å². The van der Waals surface area contributed by atoms with Gasteiger partial charge in [0.15, 0.2) is 11.6 Å². The Morgan fingerprint density at radius 1 is 1.14 bits per heavy atom. The lowest BCUT2D eigenvalue weighted by atomic mass is 9.96. The maximum Gasteiger partial charge on any atom is 0.309 e. The van der Waals surface area contributed by atoms with Crippen molar-refractivity contribution in [1.29, 1.82) is 0 Å². The van der Waals surface area contributed by atoms with Gasteiger partial charge in [-0.3, -0.25) is 9.59 Å². The van der Waals surface area contributed by atoms with E-state index in [9.17, 15) is 14.0 Å². The van der Waals surface area contributed by atoms with Gasteiger partial charge in [0.05, 0.1) is 42.8 Å². The first-order valence-electron chi connectivity index (χ1n) is 12.2. The average Bonchev–Trinajstić information content (AvgIpc) is 3.66. The Morgan fingerprint density at radius 2 is 1.92 bits per heavy atom. The van der Waals surface area contributed by atoms with Gasteiger partial charge in [0.25, 0.3) is 11.9 Å². The van der Waals surface area contributed by atoms with Crippen LogP contribution in [0.25, 0.3) is 17.2 Å². The molecular weight excluding hydrogens is 465 g/mol. The van der Waals surface area contributed by atoms with E-state index in [-0.39, 0.29) is 29.5 Å². The molecule has 188 valence electrons. The van der Waals surface area contributed by atoms with E-state index < -0.39 is 5.82 Å². The number of benzene rings is 1. The third kappa shape index (κ3) is 4.67. The molecule has 36 heavy (non-hydrogen) atoms. The number of esters is 1. The number of methoxy groups -OCH3 is 1. The van der Waals surface area contributed by atoms with Crippen LogP contribution in [0.15, 0.2) is 36.7 Å².